The lowest BCUT2D eigenvalue weighted by Gasteiger charge is -2.27. The van der Waals surface area contributed by atoms with Gasteiger partial charge in [0.2, 0.25) is 0 Å². The number of hydrogen-bond acceptors (Lipinski definition) is 3. The highest BCUT2D eigenvalue weighted by Gasteiger charge is 2.36. The summed E-state index contributed by atoms with van der Waals surface area (Å²) in [5.74, 6) is -0.0691. The van der Waals surface area contributed by atoms with Crippen molar-refractivity contribution < 1.29 is 4.79 Å². The number of carbonyl (C=O) groups excluding carboxylic acids is 1. The Labute approximate surface area is 149 Å². The minimum atomic E-state index is -0.133. The van der Waals surface area contributed by atoms with E-state index in [0.717, 1.165) is 11.8 Å². The maximum absolute atomic E-state index is 11.3. The fourth-order valence-electron chi connectivity index (χ4n) is 2.74. The Bertz CT molecular complexity index is 774. The first-order valence-electron chi connectivity index (χ1n) is 7.04. The summed E-state index contributed by atoms with van der Waals surface area (Å²) in [6.07, 6.45) is 0.789. The molecule has 2 aromatic carbocycles. The number of carbonyl (C=O) groups is 1. The molecule has 0 aromatic heterocycles. The number of halogens is 3. The van der Waals surface area contributed by atoms with Gasteiger partial charge in [0.05, 0.1) is 16.8 Å². The molecule has 0 saturated carbocycles. The molecule has 0 N–H and O–H groups in total. The summed E-state index contributed by atoms with van der Waals surface area (Å²) < 4.78 is 0. The number of rotatable bonds is 3. The summed E-state index contributed by atoms with van der Waals surface area (Å²) in [5.41, 5.74) is 2.20. The van der Waals surface area contributed by atoms with Gasteiger partial charge in [-0.2, -0.15) is 5.10 Å². The Hall–Kier alpha value is -1.55. The summed E-state index contributed by atoms with van der Waals surface area (Å²) in [5, 5.41) is 7.92. The molecular weight excluding hydrogens is 355 g/mol. The van der Waals surface area contributed by atoms with Crippen LogP contribution in [0.15, 0.2) is 47.6 Å². The van der Waals surface area contributed by atoms with Crippen LogP contribution in [0.5, 0.6) is 0 Å². The van der Waals surface area contributed by atoms with Crippen molar-refractivity contribution in [2.24, 2.45) is 11.0 Å². The van der Waals surface area contributed by atoms with Gasteiger partial charge in [0.15, 0.2) is 6.29 Å². The van der Waals surface area contributed by atoms with Gasteiger partial charge in [-0.1, -0.05) is 53.9 Å². The van der Waals surface area contributed by atoms with Crippen LogP contribution < -0.4 is 5.01 Å². The number of benzene rings is 2. The Morgan fingerprint density at radius 2 is 1.70 bits per heavy atom. The van der Waals surface area contributed by atoms with E-state index < -0.39 is 0 Å². The molecule has 0 amide bonds. The van der Waals surface area contributed by atoms with Crippen LogP contribution in [-0.2, 0) is 4.79 Å². The van der Waals surface area contributed by atoms with Gasteiger partial charge in [0, 0.05) is 16.0 Å². The molecule has 2 aromatic rings. The smallest absolute Gasteiger partial charge is 0.166 e. The second-order valence-corrected chi connectivity index (χ2v) is 6.65. The van der Waals surface area contributed by atoms with Crippen molar-refractivity contribution >= 4 is 52.5 Å². The second-order valence-electron chi connectivity index (χ2n) is 5.37. The molecule has 3 rings (SSSR count). The molecule has 0 fully saturated rings. The second kappa shape index (κ2) is 6.52. The predicted molar refractivity (Wildman–Crippen MR) is 95.8 cm³/mol. The molecule has 118 valence electrons. The van der Waals surface area contributed by atoms with Gasteiger partial charge < -0.3 is 0 Å². The van der Waals surface area contributed by atoms with Crippen molar-refractivity contribution in [2.75, 3.05) is 5.01 Å². The van der Waals surface area contributed by atoms with Gasteiger partial charge in [-0.3, -0.25) is 9.80 Å². The van der Waals surface area contributed by atoms with Crippen LogP contribution in [0.2, 0.25) is 15.1 Å². The molecule has 0 aliphatic carbocycles. The monoisotopic (exact) mass is 366 g/mol. The van der Waals surface area contributed by atoms with Crippen LogP contribution in [0.3, 0.4) is 0 Å². The van der Waals surface area contributed by atoms with Gasteiger partial charge >= 0.3 is 0 Å². The number of aldehydes is 1. The molecule has 0 unspecified atom stereocenters. The Morgan fingerprint density at radius 1 is 1.04 bits per heavy atom. The van der Waals surface area contributed by atoms with E-state index in [2.05, 4.69) is 5.10 Å². The quantitative estimate of drug-likeness (QED) is 0.680. The topological polar surface area (TPSA) is 32.7 Å². The molecular formula is C17H13Cl3N2O. The third-order valence-electron chi connectivity index (χ3n) is 3.92. The van der Waals surface area contributed by atoms with E-state index >= 15 is 0 Å². The minimum absolute atomic E-state index is 0.0691. The fraction of sp³-hybridized carbons (Fsp3) is 0.176. The van der Waals surface area contributed by atoms with Crippen molar-refractivity contribution in [2.45, 2.75) is 13.0 Å². The van der Waals surface area contributed by atoms with Crippen LogP contribution >= 0.6 is 34.8 Å². The Kier molecular flexibility index (Phi) is 4.62. The van der Waals surface area contributed by atoms with Gasteiger partial charge in [-0.15, -0.1) is 0 Å². The normalized spacial score (nSPS) is 20.5. The van der Waals surface area contributed by atoms with Crippen LogP contribution in [0.1, 0.15) is 18.5 Å². The number of nitrogens with zero attached hydrogens (tertiary/aromatic N) is 2. The first-order valence-corrected chi connectivity index (χ1v) is 8.18. The third-order valence-corrected chi connectivity index (χ3v) is 4.71. The third kappa shape index (κ3) is 3.09. The standard InChI is InChI=1S/C17H13Cl3N2O/c1-10-15(9-23)21-22(16-7-6-13(19)8-14(16)20)17(10)11-2-4-12(18)5-3-11/h2-10,17H,1H3/t10-,17+/m0/s1. The van der Waals surface area contributed by atoms with Crippen molar-refractivity contribution in [3.05, 3.63) is 63.1 Å². The maximum atomic E-state index is 11.3. The molecule has 0 radical (unpaired) electrons. The predicted octanol–water partition coefficient (Wildman–Crippen LogP) is 5.40. The zero-order valence-electron chi connectivity index (χ0n) is 12.2. The SMILES string of the molecule is C[C@H]1C(C=O)=NN(c2ccc(Cl)cc2Cl)[C@H]1c1ccc(Cl)cc1. The van der Waals surface area contributed by atoms with Crippen molar-refractivity contribution in [1.29, 1.82) is 0 Å². The summed E-state index contributed by atoms with van der Waals surface area (Å²) in [7, 11) is 0. The molecule has 1 heterocycles. The average molecular weight is 368 g/mol. The Morgan fingerprint density at radius 3 is 2.30 bits per heavy atom. The summed E-state index contributed by atoms with van der Waals surface area (Å²) in [6, 6.07) is 12.6. The van der Waals surface area contributed by atoms with Gasteiger partial charge in [-0.05, 0) is 35.9 Å². The number of hydrogen-bond donors (Lipinski definition) is 0. The first kappa shape index (κ1) is 16.3. The molecule has 3 nitrogen and oxygen atoms in total. The summed E-state index contributed by atoms with van der Waals surface area (Å²) in [6.45, 7) is 1.97. The highest BCUT2D eigenvalue weighted by atomic mass is 35.5. The van der Waals surface area contributed by atoms with Gasteiger partial charge in [0.25, 0.3) is 0 Å². The molecule has 0 spiro atoms. The van der Waals surface area contributed by atoms with Gasteiger partial charge in [-0.25, -0.2) is 0 Å². The van der Waals surface area contributed by atoms with Crippen molar-refractivity contribution in [3.8, 4) is 0 Å². The average Bonchev–Trinajstić information content (AvgIpc) is 2.85. The van der Waals surface area contributed by atoms with Gasteiger partial charge in [0.1, 0.15) is 5.71 Å². The van der Waals surface area contributed by atoms with E-state index in [-0.39, 0.29) is 12.0 Å². The highest BCUT2D eigenvalue weighted by molar-refractivity contribution is 6.36. The lowest BCUT2D eigenvalue weighted by atomic mass is 9.92. The van der Waals surface area contributed by atoms with E-state index in [1.807, 2.05) is 31.2 Å². The van der Waals surface area contributed by atoms with Crippen LogP contribution in [0, 0.1) is 5.92 Å². The lowest BCUT2D eigenvalue weighted by molar-refractivity contribution is -0.102. The molecule has 23 heavy (non-hydrogen) atoms. The van der Waals surface area contributed by atoms with Crippen molar-refractivity contribution in [3.63, 3.8) is 0 Å². The molecule has 6 heteroatoms. The van der Waals surface area contributed by atoms with Crippen molar-refractivity contribution in [1.82, 2.24) is 0 Å². The zero-order chi connectivity index (χ0) is 16.6. The number of anilines is 1. The fourth-order valence-corrected chi connectivity index (χ4v) is 3.36. The molecule has 0 bridgehead atoms. The van der Waals surface area contributed by atoms with Crippen LogP contribution in [0.4, 0.5) is 5.69 Å². The molecule has 0 saturated heterocycles. The van der Waals surface area contributed by atoms with E-state index in [9.17, 15) is 4.79 Å². The minimum Gasteiger partial charge on any atom is -0.296 e. The molecule has 1 aliphatic rings. The maximum Gasteiger partial charge on any atom is 0.166 e. The molecule has 1 aliphatic heterocycles. The number of hydrazone groups is 1. The van der Waals surface area contributed by atoms with E-state index in [1.165, 1.54) is 0 Å². The van der Waals surface area contributed by atoms with E-state index in [1.54, 1.807) is 23.2 Å². The Balaban J connectivity index is 2.08. The lowest BCUT2D eigenvalue weighted by Crippen LogP contribution is -2.24. The largest absolute Gasteiger partial charge is 0.296 e. The summed E-state index contributed by atoms with van der Waals surface area (Å²) in [4.78, 5) is 11.3. The van der Waals surface area contributed by atoms with E-state index in [4.69, 9.17) is 34.8 Å². The first-order chi connectivity index (χ1) is 11.0. The molecule has 2 atom stereocenters. The van der Waals surface area contributed by atoms with Crippen LogP contribution in [-0.4, -0.2) is 12.0 Å². The zero-order valence-corrected chi connectivity index (χ0v) is 14.5. The summed E-state index contributed by atoms with van der Waals surface area (Å²) >= 11 is 18.3. The van der Waals surface area contributed by atoms with E-state index in [0.29, 0.717) is 26.5 Å². The highest BCUT2D eigenvalue weighted by Crippen LogP contribution is 2.42. The van der Waals surface area contributed by atoms with Crippen LogP contribution in [0.25, 0.3) is 0 Å².